The lowest BCUT2D eigenvalue weighted by Crippen LogP contribution is -1.78. The second kappa shape index (κ2) is 2.37. The molecule has 8 heavy (non-hydrogen) atoms. The summed E-state index contributed by atoms with van der Waals surface area (Å²) in [4.78, 5) is -0.488. The fourth-order valence-electron chi connectivity index (χ4n) is 0.388. The maximum Gasteiger partial charge on any atom is 0.148 e. The normalized spacial score (nSPS) is 10.4. The molecule has 0 unspecified atom stereocenters. The zero-order chi connectivity index (χ0) is 5.98. The van der Waals surface area contributed by atoms with Crippen LogP contribution in [0, 0.1) is 0 Å². The first-order valence-corrected chi connectivity index (χ1v) is 2.95. The largest absolute Gasteiger partial charge is 0.280 e. The molecule has 1 aromatic heterocycles. The first kappa shape index (κ1) is 5.92. The Morgan fingerprint density at radius 1 is 1.62 bits per heavy atom. The molecule has 44 valence electrons. The number of rotatable bonds is 1. The summed E-state index contributed by atoms with van der Waals surface area (Å²) >= 11 is 10.9. The van der Waals surface area contributed by atoms with E-state index in [0.717, 1.165) is 5.69 Å². The van der Waals surface area contributed by atoms with Gasteiger partial charge in [0.25, 0.3) is 0 Å². The van der Waals surface area contributed by atoms with Gasteiger partial charge in [-0.3, -0.25) is 5.10 Å². The van der Waals surface area contributed by atoms with Crippen molar-refractivity contribution < 1.29 is 0 Å². The van der Waals surface area contributed by atoms with Gasteiger partial charge in [-0.15, -0.1) is 0 Å². The molecular formula is C4H4Cl2N2. The molecule has 0 aliphatic heterocycles. The Kier molecular flexibility index (Phi) is 1.76. The van der Waals surface area contributed by atoms with Crippen LogP contribution in [0.5, 0.6) is 0 Å². The molecule has 0 radical (unpaired) electrons. The first-order valence-electron chi connectivity index (χ1n) is 2.08. The van der Waals surface area contributed by atoms with Gasteiger partial charge in [-0.05, 0) is 6.07 Å². The molecule has 0 fully saturated rings. The van der Waals surface area contributed by atoms with Crippen molar-refractivity contribution in [3.05, 3.63) is 18.0 Å². The lowest BCUT2D eigenvalue weighted by Gasteiger charge is -1.90. The molecule has 1 N–H and O–H groups in total. The number of nitrogens with one attached hydrogen (secondary N) is 1. The van der Waals surface area contributed by atoms with Gasteiger partial charge in [-0.1, -0.05) is 23.2 Å². The molecule has 0 amide bonds. The highest BCUT2D eigenvalue weighted by atomic mass is 35.5. The minimum Gasteiger partial charge on any atom is -0.280 e. The summed E-state index contributed by atoms with van der Waals surface area (Å²) in [5.74, 6) is 0. The Labute approximate surface area is 56.8 Å². The average molecular weight is 151 g/mol. The third-order valence-electron chi connectivity index (χ3n) is 0.757. The molecule has 0 atom stereocenters. The Morgan fingerprint density at radius 3 is 2.62 bits per heavy atom. The maximum absolute atomic E-state index is 5.44. The van der Waals surface area contributed by atoms with Crippen molar-refractivity contribution in [1.82, 2.24) is 10.2 Å². The monoisotopic (exact) mass is 150 g/mol. The van der Waals surface area contributed by atoms with E-state index in [1.54, 1.807) is 12.3 Å². The summed E-state index contributed by atoms with van der Waals surface area (Å²) in [5, 5.41) is 6.27. The van der Waals surface area contributed by atoms with Gasteiger partial charge in [0.1, 0.15) is 4.84 Å². The van der Waals surface area contributed by atoms with E-state index in [2.05, 4.69) is 10.2 Å². The molecule has 1 aromatic rings. The van der Waals surface area contributed by atoms with Gasteiger partial charge in [0.15, 0.2) is 0 Å². The van der Waals surface area contributed by atoms with Crippen LogP contribution in [0.4, 0.5) is 0 Å². The van der Waals surface area contributed by atoms with Crippen LogP contribution >= 0.6 is 23.2 Å². The van der Waals surface area contributed by atoms with Crippen LogP contribution in [0.15, 0.2) is 12.3 Å². The number of H-pyrrole nitrogens is 1. The second-order valence-electron chi connectivity index (χ2n) is 1.31. The second-order valence-corrected chi connectivity index (χ2v) is 2.41. The van der Waals surface area contributed by atoms with E-state index in [9.17, 15) is 0 Å². The van der Waals surface area contributed by atoms with Crippen LogP contribution in [-0.2, 0) is 0 Å². The molecule has 4 heteroatoms. The van der Waals surface area contributed by atoms with Crippen molar-refractivity contribution in [2.75, 3.05) is 0 Å². The predicted octanol–water partition coefficient (Wildman–Crippen LogP) is 1.89. The van der Waals surface area contributed by atoms with E-state index in [0.29, 0.717) is 0 Å². The van der Waals surface area contributed by atoms with Gasteiger partial charge in [-0.25, -0.2) is 0 Å². The summed E-state index contributed by atoms with van der Waals surface area (Å²) in [5.41, 5.74) is 0.730. The number of aromatic nitrogens is 2. The van der Waals surface area contributed by atoms with Gasteiger partial charge in [0.05, 0.1) is 5.69 Å². The highest BCUT2D eigenvalue weighted by molar-refractivity contribution is 6.43. The summed E-state index contributed by atoms with van der Waals surface area (Å²) in [6.07, 6.45) is 1.60. The molecule has 0 aromatic carbocycles. The molecule has 0 aliphatic carbocycles. The van der Waals surface area contributed by atoms with Gasteiger partial charge in [0, 0.05) is 6.20 Å². The molecular weight excluding hydrogens is 147 g/mol. The number of nitrogens with zero attached hydrogens (tertiary/aromatic N) is 1. The quantitative estimate of drug-likeness (QED) is 0.610. The molecule has 0 aliphatic rings. The van der Waals surface area contributed by atoms with Crippen molar-refractivity contribution in [2.24, 2.45) is 0 Å². The fraction of sp³-hybridized carbons (Fsp3) is 0.250. The van der Waals surface area contributed by atoms with Crippen LogP contribution in [-0.4, -0.2) is 10.2 Å². The van der Waals surface area contributed by atoms with E-state index in [1.807, 2.05) is 0 Å². The Bertz CT molecular complexity index is 147. The first-order chi connectivity index (χ1) is 3.80. The number of hydrogen-bond donors (Lipinski definition) is 1. The van der Waals surface area contributed by atoms with Gasteiger partial charge in [-0.2, -0.15) is 5.10 Å². The standard InChI is InChI=1S/C4H4Cl2N2/c5-4(6)3-1-2-7-8-3/h1-2,4H,(H,7,8). The summed E-state index contributed by atoms with van der Waals surface area (Å²) in [7, 11) is 0. The summed E-state index contributed by atoms with van der Waals surface area (Å²) < 4.78 is 0. The van der Waals surface area contributed by atoms with Crippen LogP contribution in [0.1, 0.15) is 10.5 Å². The van der Waals surface area contributed by atoms with Gasteiger partial charge < -0.3 is 0 Å². The number of aromatic amines is 1. The predicted molar refractivity (Wildman–Crippen MR) is 33.0 cm³/mol. The Hall–Kier alpha value is -0.210. The van der Waals surface area contributed by atoms with E-state index in [-0.39, 0.29) is 0 Å². The topological polar surface area (TPSA) is 28.7 Å². The van der Waals surface area contributed by atoms with Crippen molar-refractivity contribution in [1.29, 1.82) is 0 Å². The maximum atomic E-state index is 5.44. The van der Waals surface area contributed by atoms with Gasteiger partial charge in [0.2, 0.25) is 0 Å². The van der Waals surface area contributed by atoms with Crippen LogP contribution in [0.25, 0.3) is 0 Å². The van der Waals surface area contributed by atoms with Gasteiger partial charge >= 0.3 is 0 Å². The molecule has 0 saturated carbocycles. The zero-order valence-electron chi connectivity index (χ0n) is 3.94. The SMILES string of the molecule is ClC(Cl)c1ccn[nH]1. The molecule has 2 nitrogen and oxygen atoms in total. The third-order valence-corrected chi connectivity index (χ3v) is 1.23. The number of hydrogen-bond acceptors (Lipinski definition) is 1. The molecule has 0 saturated heterocycles. The minimum atomic E-state index is -0.488. The van der Waals surface area contributed by atoms with Crippen molar-refractivity contribution in [3.8, 4) is 0 Å². The number of halogens is 2. The lowest BCUT2D eigenvalue weighted by atomic mass is 10.5. The fourth-order valence-corrected chi connectivity index (χ4v) is 0.631. The zero-order valence-corrected chi connectivity index (χ0v) is 5.45. The lowest BCUT2D eigenvalue weighted by molar-refractivity contribution is 1.03. The van der Waals surface area contributed by atoms with E-state index in [1.165, 1.54) is 0 Å². The van der Waals surface area contributed by atoms with Crippen LogP contribution in [0.2, 0.25) is 0 Å². The van der Waals surface area contributed by atoms with E-state index >= 15 is 0 Å². The third kappa shape index (κ3) is 1.14. The Morgan fingerprint density at radius 2 is 2.38 bits per heavy atom. The van der Waals surface area contributed by atoms with Crippen molar-refractivity contribution in [3.63, 3.8) is 0 Å². The van der Waals surface area contributed by atoms with Crippen molar-refractivity contribution >= 4 is 23.2 Å². The van der Waals surface area contributed by atoms with Crippen LogP contribution < -0.4 is 0 Å². The van der Waals surface area contributed by atoms with Crippen molar-refractivity contribution in [2.45, 2.75) is 4.84 Å². The molecule has 1 rings (SSSR count). The average Bonchev–Trinajstić information content (AvgIpc) is 2.12. The summed E-state index contributed by atoms with van der Waals surface area (Å²) in [6, 6.07) is 1.73. The number of alkyl halides is 2. The molecule has 1 heterocycles. The summed E-state index contributed by atoms with van der Waals surface area (Å²) in [6.45, 7) is 0. The molecule has 0 bridgehead atoms. The van der Waals surface area contributed by atoms with Crippen LogP contribution in [0.3, 0.4) is 0 Å². The highest BCUT2D eigenvalue weighted by Crippen LogP contribution is 2.20. The smallest absolute Gasteiger partial charge is 0.148 e. The van der Waals surface area contributed by atoms with E-state index in [4.69, 9.17) is 23.2 Å². The van der Waals surface area contributed by atoms with E-state index < -0.39 is 4.84 Å². The molecule has 0 spiro atoms. The highest BCUT2D eigenvalue weighted by Gasteiger charge is 2.01. The Balaban J connectivity index is 2.77. The minimum absolute atomic E-state index is 0.488.